The van der Waals surface area contributed by atoms with E-state index in [2.05, 4.69) is 10.3 Å². The molecule has 1 aromatic heterocycles. The minimum Gasteiger partial charge on any atom is -0.331 e. The van der Waals surface area contributed by atoms with E-state index in [9.17, 15) is 13.2 Å². The van der Waals surface area contributed by atoms with Crippen LogP contribution in [-0.2, 0) is 6.54 Å². The number of nitrogens with one attached hydrogen (secondary N) is 1. The van der Waals surface area contributed by atoms with Gasteiger partial charge < -0.3 is 9.88 Å². The largest absolute Gasteiger partial charge is 0.390 e. The standard InChI is InChI=1S/C11H18F3N3/c1-8(2)17-5-4-15-10(17)7-16-9(3)6-11(12,13)14/h4-5,8-9,16H,6-7H2,1-3H3/t9-/m1/s1. The number of imidazole rings is 1. The van der Waals surface area contributed by atoms with Gasteiger partial charge in [-0.3, -0.25) is 0 Å². The first-order valence-electron chi connectivity index (χ1n) is 5.61. The molecule has 0 unspecified atom stereocenters. The van der Waals surface area contributed by atoms with Gasteiger partial charge in [-0.25, -0.2) is 4.98 Å². The normalized spacial score (nSPS) is 14.3. The summed E-state index contributed by atoms with van der Waals surface area (Å²) in [7, 11) is 0. The van der Waals surface area contributed by atoms with Crippen molar-refractivity contribution in [1.29, 1.82) is 0 Å². The first-order valence-corrected chi connectivity index (χ1v) is 5.61. The van der Waals surface area contributed by atoms with Crippen LogP contribution in [0.3, 0.4) is 0 Å². The predicted octanol–water partition coefficient (Wildman–Crippen LogP) is 2.89. The maximum atomic E-state index is 12.1. The van der Waals surface area contributed by atoms with Gasteiger partial charge in [-0.2, -0.15) is 13.2 Å². The number of aromatic nitrogens is 2. The zero-order valence-corrected chi connectivity index (χ0v) is 10.3. The summed E-state index contributed by atoms with van der Waals surface area (Å²) >= 11 is 0. The van der Waals surface area contributed by atoms with Gasteiger partial charge in [0.2, 0.25) is 0 Å². The van der Waals surface area contributed by atoms with Gasteiger partial charge >= 0.3 is 6.18 Å². The zero-order chi connectivity index (χ0) is 13.1. The molecular formula is C11H18F3N3. The van der Waals surface area contributed by atoms with Crippen molar-refractivity contribution in [3.05, 3.63) is 18.2 Å². The van der Waals surface area contributed by atoms with Crippen LogP contribution in [-0.4, -0.2) is 21.8 Å². The fourth-order valence-electron chi connectivity index (χ4n) is 1.64. The Bertz CT molecular complexity index is 344. The van der Waals surface area contributed by atoms with E-state index >= 15 is 0 Å². The lowest BCUT2D eigenvalue weighted by molar-refractivity contribution is -0.139. The van der Waals surface area contributed by atoms with Gasteiger partial charge in [-0.15, -0.1) is 0 Å². The fourth-order valence-corrected chi connectivity index (χ4v) is 1.64. The monoisotopic (exact) mass is 249 g/mol. The molecule has 1 aromatic rings. The molecule has 98 valence electrons. The number of nitrogens with zero attached hydrogens (tertiary/aromatic N) is 2. The molecule has 0 aliphatic rings. The van der Waals surface area contributed by atoms with Crippen LogP contribution in [0.1, 0.15) is 39.1 Å². The third kappa shape index (κ3) is 4.77. The summed E-state index contributed by atoms with van der Waals surface area (Å²) in [5.41, 5.74) is 0. The molecule has 0 amide bonds. The highest BCUT2D eigenvalue weighted by atomic mass is 19.4. The molecule has 0 fully saturated rings. The van der Waals surface area contributed by atoms with Crippen molar-refractivity contribution in [3.8, 4) is 0 Å². The summed E-state index contributed by atoms with van der Waals surface area (Å²) in [6, 6.07) is -0.348. The van der Waals surface area contributed by atoms with Crippen molar-refractivity contribution in [2.75, 3.05) is 0 Å². The Balaban J connectivity index is 2.47. The van der Waals surface area contributed by atoms with Gasteiger partial charge in [-0.05, 0) is 20.8 Å². The molecule has 0 aromatic carbocycles. The molecule has 17 heavy (non-hydrogen) atoms. The average molecular weight is 249 g/mol. The van der Waals surface area contributed by atoms with E-state index in [0.717, 1.165) is 5.82 Å². The summed E-state index contributed by atoms with van der Waals surface area (Å²) in [6.45, 7) is 5.88. The van der Waals surface area contributed by atoms with Crippen LogP contribution >= 0.6 is 0 Å². The van der Waals surface area contributed by atoms with Crippen LogP contribution in [0.4, 0.5) is 13.2 Å². The van der Waals surface area contributed by atoms with Gasteiger partial charge in [0.05, 0.1) is 13.0 Å². The SMILES string of the molecule is CC(C)n1ccnc1CN[C@H](C)CC(F)(F)F. The minimum atomic E-state index is -4.13. The lowest BCUT2D eigenvalue weighted by atomic mass is 10.2. The highest BCUT2D eigenvalue weighted by Crippen LogP contribution is 2.21. The van der Waals surface area contributed by atoms with E-state index in [1.807, 2.05) is 24.6 Å². The third-order valence-corrected chi connectivity index (χ3v) is 2.45. The lowest BCUT2D eigenvalue weighted by Crippen LogP contribution is -2.31. The van der Waals surface area contributed by atoms with Crippen LogP contribution < -0.4 is 5.32 Å². The second-order valence-electron chi connectivity index (χ2n) is 4.45. The Morgan fingerprint density at radius 3 is 2.53 bits per heavy atom. The molecule has 1 heterocycles. The molecule has 1 atom stereocenters. The smallest absolute Gasteiger partial charge is 0.331 e. The van der Waals surface area contributed by atoms with Crippen molar-refractivity contribution >= 4 is 0 Å². The molecule has 1 N–H and O–H groups in total. The summed E-state index contributed by atoms with van der Waals surface area (Å²) in [5, 5.41) is 2.83. The molecule has 6 heteroatoms. The van der Waals surface area contributed by atoms with Crippen molar-refractivity contribution in [2.24, 2.45) is 0 Å². The number of rotatable bonds is 5. The molecule has 3 nitrogen and oxygen atoms in total. The Morgan fingerprint density at radius 1 is 1.35 bits per heavy atom. The molecule has 0 saturated carbocycles. The van der Waals surface area contributed by atoms with Crippen LogP contribution in [0.2, 0.25) is 0 Å². The molecule has 0 radical (unpaired) electrons. The zero-order valence-electron chi connectivity index (χ0n) is 10.3. The summed E-state index contributed by atoms with van der Waals surface area (Å²) < 4.78 is 38.3. The van der Waals surface area contributed by atoms with E-state index in [0.29, 0.717) is 6.54 Å². The van der Waals surface area contributed by atoms with E-state index in [-0.39, 0.29) is 6.04 Å². The highest BCUT2D eigenvalue weighted by Gasteiger charge is 2.29. The van der Waals surface area contributed by atoms with Crippen molar-refractivity contribution < 1.29 is 13.2 Å². The van der Waals surface area contributed by atoms with Gasteiger partial charge in [0.25, 0.3) is 0 Å². The van der Waals surface area contributed by atoms with Crippen molar-refractivity contribution in [1.82, 2.24) is 14.9 Å². The Labute approximate surface area is 99.0 Å². The molecule has 0 aliphatic heterocycles. The average Bonchev–Trinajstić information content (AvgIpc) is 2.59. The lowest BCUT2D eigenvalue weighted by Gasteiger charge is -2.17. The fraction of sp³-hybridized carbons (Fsp3) is 0.727. The number of halogens is 3. The molecule has 0 bridgehead atoms. The van der Waals surface area contributed by atoms with Crippen molar-refractivity contribution in [2.45, 2.75) is 52.0 Å². The molecule has 1 rings (SSSR count). The van der Waals surface area contributed by atoms with Crippen LogP contribution in [0, 0.1) is 0 Å². The number of hydrogen-bond acceptors (Lipinski definition) is 2. The van der Waals surface area contributed by atoms with E-state index in [1.165, 1.54) is 6.92 Å². The first kappa shape index (κ1) is 14.0. The highest BCUT2D eigenvalue weighted by molar-refractivity contribution is 4.94. The van der Waals surface area contributed by atoms with Crippen LogP contribution in [0.15, 0.2) is 12.4 Å². The van der Waals surface area contributed by atoms with Gasteiger partial charge in [-0.1, -0.05) is 0 Å². The van der Waals surface area contributed by atoms with Crippen molar-refractivity contribution in [3.63, 3.8) is 0 Å². The maximum Gasteiger partial charge on any atom is 0.390 e. The molecule has 0 saturated heterocycles. The Kier molecular flexibility index (Phi) is 4.56. The van der Waals surface area contributed by atoms with E-state index in [4.69, 9.17) is 0 Å². The summed E-state index contributed by atoms with van der Waals surface area (Å²) in [6.07, 6.45) is -1.46. The van der Waals surface area contributed by atoms with E-state index < -0.39 is 18.6 Å². The third-order valence-electron chi connectivity index (χ3n) is 2.45. The number of hydrogen-bond donors (Lipinski definition) is 1. The molecule has 0 aliphatic carbocycles. The second-order valence-corrected chi connectivity index (χ2v) is 4.45. The first-order chi connectivity index (χ1) is 7.79. The second kappa shape index (κ2) is 5.53. The maximum absolute atomic E-state index is 12.1. The summed E-state index contributed by atoms with van der Waals surface area (Å²) in [4.78, 5) is 4.13. The quantitative estimate of drug-likeness (QED) is 0.869. The van der Waals surface area contributed by atoms with Gasteiger partial charge in [0, 0.05) is 24.5 Å². The van der Waals surface area contributed by atoms with Gasteiger partial charge in [0.15, 0.2) is 0 Å². The summed E-state index contributed by atoms with van der Waals surface area (Å²) in [5.74, 6) is 0.758. The Morgan fingerprint density at radius 2 is 2.00 bits per heavy atom. The van der Waals surface area contributed by atoms with Crippen LogP contribution in [0.5, 0.6) is 0 Å². The number of alkyl halides is 3. The van der Waals surface area contributed by atoms with E-state index in [1.54, 1.807) is 6.20 Å². The Hall–Kier alpha value is -1.04. The topological polar surface area (TPSA) is 29.9 Å². The molecule has 0 spiro atoms. The van der Waals surface area contributed by atoms with Gasteiger partial charge in [0.1, 0.15) is 5.82 Å². The van der Waals surface area contributed by atoms with Crippen LogP contribution in [0.25, 0.3) is 0 Å². The molecular weight excluding hydrogens is 231 g/mol. The minimum absolute atomic E-state index is 0.257. The predicted molar refractivity (Wildman–Crippen MR) is 59.6 cm³/mol.